The fourth-order valence-electron chi connectivity index (χ4n) is 3.76. The third-order valence-corrected chi connectivity index (χ3v) is 5.47. The van der Waals surface area contributed by atoms with Gasteiger partial charge in [0.2, 0.25) is 0 Å². The molecule has 0 radical (unpaired) electrons. The van der Waals surface area contributed by atoms with Gasteiger partial charge in [-0.2, -0.15) is 0 Å². The highest BCUT2D eigenvalue weighted by molar-refractivity contribution is 5.74. The van der Waals surface area contributed by atoms with E-state index in [1.807, 2.05) is 18.2 Å². The van der Waals surface area contributed by atoms with Crippen LogP contribution in [0.4, 0.5) is 11.5 Å². The third-order valence-electron chi connectivity index (χ3n) is 5.47. The zero-order chi connectivity index (χ0) is 19.5. The van der Waals surface area contributed by atoms with Gasteiger partial charge in [-0.1, -0.05) is 42.5 Å². The van der Waals surface area contributed by atoms with Gasteiger partial charge < -0.3 is 15.7 Å². The number of nitrogens with zero attached hydrogens (tertiary/aromatic N) is 4. The highest BCUT2D eigenvalue weighted by atomic mass is 16.3. The zero-order valence-corrected chi connectivity index (χ0v) is 16.0. The van der Waals surface area contributed by atoms with E-state index >= 15 is 0 Å². The molecule has 1 aliphatic rings. The van der Waals surface area contributed by atoms with Crippen LogP contribution in [0.25, 0.3) is 11.3 Å². The standard InChI is InChI=1S/C22H25N5O/c1-16(17-7-3-2-4-8-17)26-11-13-27(14-12-26)20-15-19(24-25-22(20)23)18-9-5-6-10-21(18)28/h2-10,15-16,28H,11-14H2,1H3,(H2,23,25)/t16-/m0/s1. The Balaban J connectivity index is 1.50. The van der Waals surface area contributed by atoms with E-state index in [0.717, 1.165) is 31.9 Å². The Labute approximate surface area is 165 Å². The van der Waals surface area contributed by atoms with Crippen LogP contribution in [0.2, 0.25) is 0 Å². The lowest BCUT2D eigenvalue weighted by molar-refractivity contribution is 0.198. The molecule has 1 aliphatic heterocycles. The summed E-state index contributed by atoms with van der Waals surface area (Å²) in [6, 6.07) is 20.0. The smallest absolute Gasteiger partial charge is 0.169 e. The third kappa shape index (κ3) is 3.64. The minimum absolute atomic E-state index is 0.189. The van der Waals surface area contributed by atoms with E-state index in [0.29, 0.717) is 23.1 Å². The van der Waals surface area contributed by atoms with Crippen molar-refractivity contribution in [2.45, 2.75) is 13.0 Å². The molecule has 1 aromatic heterocycles. The largest absolute Gasteiger partial charge is 0.507 e. The first-order chi connectivity index (χ1) is 13.6. The maximum absolute atomic E-state index is 10.1. The summed E-state index contributed by atoms with van der Waals surface area (Å²) in [5.74, 6) is 0.609. The fourth-order valence-corrected chi connectivity index (χ4v) is 3.76. The number of anilines is 2. The first-order valence-corrected chi connectivity index (χ1v) is 9.59. The topological polar surface area (TPSA) is 78.5 Å². The van der Waals surface area contributed by atoms with Crippen molar-refractivity contribution in [3.8, 4) is 17.0 Å². The molecule has 1 saturated heterocycles. The molecule has 4 rings (SSSR count). The molecular weight excluding hydrogens is 350 g/mol. The number of hydrogen-bond acceptors (Lipinski definition) is 6. The molecule has 2 aromatic carbocycles. The molecule has 144 valence electrons. The number of phenolic OH excluding ortho intramolecular Hbond substituents is 1. The van der Waals surface area contributed by atoms with Gasteiger partial charge in [-0.05, 0) is 30.7 Å². The summed E-state index contributed by atoms with van der Waals surface area (Å²) >= 11 is 0. The van der Waals surface area contributed by atoms with E-state index in [2.05, 4.69) is 57.3 Å². The molecule has 1 fully saturated rings. The van der Waals surface area contributed by atoms with Crippen LogP contribution in [-0.4, -0.2) is 46.4 Å². The first-order valence-electron chi connectivity index (χ1n) is 9.59. The van der Waals surface area contributed by atoms with Crippen molar-refractivity contribution in [3.05, 3.63) is 66.2 Å². The first kappa shape index (κ1) is 18.3. The lowest BCUT2D eigenvalue weighted by Crippen LogP contribution is -2.47. The molecule has 28 heavy (non-hydrogen) atoms. The Morgan fingerprint density at radius 3 is 2.32 bits per heavy atom. The molecule has 0 aliphatic carbocycles. The van der Waals surface area contributed by atoms with Crippen LogP contribution in [-0.2, 0) is 0 Å². The molecule has 0 amide bonds. The highest BCUT2D eigenvalue weighted by Gasteiger charge is 2.24. The molecule has 3 aromatic rings. The summed E-state index contributed by atoms with van der Waals surface area (Å²) < 4.78 is 0. The Bertz CT molecular complexity index is 939. The summed E-state index contributed by atoms with van der Waals surface area (Å²) in [6.45, 7) is 5.89. The molecule has 3 N–H and O–H groups in total. The number of nitrogen functional groups attached to an aromatic ring is 1. The van der Waals surface area contributed by atoms with Crippen LogP contribution >= 0.6 is 0 Å². The Hall–Kier alpha value is -3.12. The molecule has 6 heteroatoms. The minimum Gasteiger partial charge on any atom is -0.507 e. The number of para-hydroxylation sites is 1. The average molecular weight is 375 g/mol. The summed E-state index contributed by atoms with van der Waals surface area (Å²) in [7, 11) is 0. The van der Waals surface area contributed by atoms with Crippen molar-refractivity contribution < 1.29 is 5.11 Å². The highest BCUT2D eigenvalue weighted by Crippen LogP contribution is 2.32. The van der Waals surface area contributed by atoms with Crippen molar-refractivity contribution in [2.24, 2.45) is 0 Å². The lowest BCUT2D eigenvalue weighted by atomic mass is 10.1. The molecule has 0 bridgehead atoms. The van der Waals surface area contributed by atoms with Crippen LogP contribution in [0.1, 0.15) is 18.5 Å². The minimum atomic E-state index is 0.189. The van der Waals surface area contributed by atoms with Gasteiger partial charge in [0, 0.05) is 37.8 Å². The number of hydrogen-bond donors (Lipinski definition) is 2. The quantitative estimate of drug-likeness (QED) is 0.728. The SMILES string of the molecule is C[C@@H](c1ccccc1)N1CCN(c2cc(-c3ccccc3O)nnc2N)CC1. The summed E-state index contributed by atoms with van der Waals surface area (Å²) in [5, 5.41) is 18.4. The van der Waals surface area contributed by atoms with Gasteiger partial charge in [-0.25, -0.2) is 0 Å². The van der Waals surface area contributed by atoms with Crippen molar-refractivity contribution in [3.63, 3.8) is 0 Å². The van der Waals surface area contributed by atoms with Gasteiger partial charge in [0.15, 0.2) is 5.82 Å². The Morgan fingerprint density at radius 1 is 0.929 bits per heavy atom. The Kier molecular flexibility index (Phi) is 5.12. The molecular formula is C22H25N5O. The maximum Gasteiger partial charge on any atom is 0.169 e. The van der Waals surface area contributed by atoms with Gasteiger partial charge in [0.1, 0.15) is 5.75 Å². The summed E-state index contributed by atoms with van der Waals surface area (Å²) in [5.41, 5.74) is 9.63. The number of aromatic hydroxyl groups is 1. The molecule has 1 atom stereocenters. The number of aromatic nitrogens is 2. The lowest BCUT2D eigenvalue weighted by Gasteiger charge is -2.39. The van der Waals surface area contributed by atoms with Crippen LogP contribution in [0.5, 0.6) is 5.75 Å². The number of benzene rings is 2. The van der Waals surface area contributed by atoms with E-state index in [4.69, 9.17) is 5.73 Å². The van der Waals surface area contributed by atoms with Gasteiger partial charge >= 0.3 is 0 Å². The van der Waals surface area contributed by atoms with Crippen molar-refractivity contribution in [1.29, 1.82) is 0 Å². The second kappa shape index (κ2) is 7.86. The van der Waals surface area contributed by atoms with E-state index in [1.54, 1.807) is 12.1 Å². The second-order valence-corrected chi connectivity index (χ2v) is 7.13. The number of piperazine rings is 1. The predicted octanol–water partition coefficient (Wildman–Crippen LogP) is 3.31. The van der Waals surface area contributed by atoms with Crippen molar-refractivity contribution >= 4 is 11.5 Å². The van der Waals surface area contributed by atoms with Crippen LogP contribution in [0.15, 0.2) is 60.7 Å². The van der Waals surface area contributed by atoms with Gasteiger partial charge in [-0.15, -0.1) is 10.2 Å². The van der Waals surface area contributed by atoms with E-state index < -0.39 is 0 Å². The second-order valence-electron chi connectivity index (χ2n) is 7.13. The van der Waals surface area contributed by atoms with Gasteiger partial charge in [-0.3, -0.25) is 4.90 Å². The molecule has 2 heterocycles. The predicted molar refractivity (Wildman–Crippen MR) is 112 cm³/mol. The van der Waals surface area contributed by atoms with Crippen molar-refractivity contribution in [1.82, 2.24) is 15.1 Å². The van der Waals surface area contributed by atoms with Gasteiger partial charge in [0.05, 0.1) is 11.4 Å². The van der Waals surface area contributed by atoms with Crippen LogP contribution in [0, 0.1) is 0 Å². The maximum atomic E-state index is 10.1. The monoisotopic (exact) mass is 375 g/mol. The molecule has 0 saturated carbocycles. The molecule has 6 nitrogen and oxygen atoms in total. The zero-order valence-electron chi connectivity index (χ0n) is 16.0. The fraction of sp³-hybridized carbons (Fsp3) is 0.273. The van der Waals surface area contributed by atoms with Crippen molar-refractivity contribution in [2.75, 3.05) is 36.8 Å². The van der Waals surface area contributed by atoms with E-state index in [1.165, 1.54) is 5.56 Å². The van der Waals surface area contributed by atoms with E-state index in [-0.39, 0.29) is 5.75 Å². The van der Waals surface area contributed by atoms with Crippen LogP contribution in [0.3, 0.4) is 0 Å². The Morgan fingerprint density at radius 2 is 1.61 bits per heavy atom. The normalized spacial score (nSPS) is 16.1. The number of phenols is 1. The van der Waals surface area contributed by atoms with Crippen LogP contribution < -0.4 is 10.6 Å². The van der Waals surface area contributed by atoms with E-state index in [9.17, 15) is 5.11 Å². The van der Waals surface area contributed by atoms with Gasteiger partial charge in [0.25, 0.3) is 0 Å². The molecule has 0 unspecified atom stereocenters. The summed E-state index contributed by atoms with van der Waals surface area (Å²) in [4.78, 5) is 4.74. The molecule has 0 spiro atoms. The average Bonchev–Trinajstić information content (AvgIpc) is 2.75. The number of nitrogens with two attached hydrogens (primary N) is 1. The number of rotatable bonds is 4. The summed E-state index contributed by atoms with van der Waals surface area (Å²) in [6.07, 6.45) is 0.